The number of ether oxygens (including phenoxy) is 2. The lowest BCUT2D eigenvalue weighted by Gasteiger charge is -2.13. The van der Waals surface area contributed by atoms with Crippen molar-refractivity contribution in [2.45, 2.75) is 58.5 Å². The second-order valence-electron chi connectivity index (χ2n) is 7.28. The molecule has 6 heteroatoms. The second-order valence-corrected chi connectivity index (χ2v) is 7.28. The molecular formula is C21H28N2O4. The summed E-state index contributed by atoms with van der Waals surface area (Å²) in [6.45, 7) is 5.68. The van der Waals surface area contributed by atoms with Gasteiger partial charge < -0.3 is 19.4 Å². The Labute approximate surface area is 159 Å². The van der Waals surface area contributed by atoms with E-state index < -0.39 is 5.97 Å². The summed E-state index contributed by atoms with van der Waals surface area (Å²) in [7, 11) is 1.60. The van der Waals surface area contributed by atoms with E-state index in [-0.39, 0.29) is 18.6 Å². The molecule has 2 aromatic rings. The third-order valence-corrected chi connectivity index (χ3v) is 5.04. The summed E-state index contributed by atoms with van der Waals surface area (Å²) < 4.78 is 12.9. The molecule has 1 heterocycles. The van der Waals surface area contributed by atoms with E-state index in [0.717, 1.165) is 42.3 Å². The third-order valence-electron chi connectivity index (χ3n) is 5.04. The van der Waals surface area contributed by atoms with Crippen LogP contribution in [-0.4, -0.2) is 36.2 Å². The minimum absolute atomic E-state index is 0.0731. The number of nitrogens with one attached hydrogen (secondary N) is 1. The van der Waals surface area contributed by atoms with Gasteiger partial charge in [-0.05, 0) is 51.3 Å². The number of aromatic nitrogens is 1. The second kappa shape index (κ2) is 8.03. The van der Waals surface area contributed by atoms with Crippen molar-refractivity contribution >= 4 is 22.8 Å². The molecule has 0 saturated heterocycles. The average Bonchev–Trinajstić information content (AvgIpc) is 3.42. The molecule has 1 amide bonds. The zero-order valence-corrected chi connectivity index (χ0v) is 16.5. The van der Waals surface area contributed by atoms with Crippen LogP contribution in [0.4, 0.5) is 0 Å². The molecule has 1 aliphatic rings. The highest BCUT2D eigenvalue weighted by Gasteiger charge is 2.31. The number of benzene rings is 1. The maximum absolute atomic E-state index is 12.8. The molecule has 1 saturated carbocycles. The first kappa shape index (κ1) is 19.3. The zero-order chi connectivity index (χ0) is 19.6. The lowest BCUT2D eigenvalue weighted by molar-refractivity contribution is -0.124. The van der Waals surface area contributed by atoms with E-state index in [9.17, 15) is 9.59 Å². The summed E-state index contributed by atoms with van der Waals surface area (Å²) >= 11 is 0. The number of fused-ring (bicyclic) bond motifs is 1. The molecule has 0 radical (unpaired) electrons. The van der Waals surface area contributed by atoms with Crippen molar-refractivity contribution in [1.29, 1.82) is 0 Å². The van der Waals surface area contributed by atoms with Gasteiger partial charge in [0.25, 0.3) is 5.91 Å². The van der Waals surface area contributed by atoms with Crippen LogP contribution in [0.3, 0.4) is 0 Å². The number of rotatable bonds is 8. The summed E-state index contributed by atoms with van der Waals surface area (Å²) in [5.41, 5.74) is 2.40. The summed E-state index contributed by atoms with van der Waals surface area (Å²) in [4.78, 5) is 24.8. The molecule has 1 aliphatic carbocycles. The van der Waals surface area contributed by atoms with E-state index in [2.05, 4.69) is 16.8 Å². The summed E-state index contributed by atoms with van der Waals surface area (Å²) in [5.74, 6) is -0.0513. The molecule has 0 bridgehead atoms. The Bertz CT molecular complexity index is 851. The van der Waals surface area contributed by atoms with Crippen LogP contribution in [0.2, 0.25) is 0 Å². The molecule has 3 rings (SSSR count). The van der Waals surface area contributed by atoms with Gasteiger partial charge in [-0.1, -0.05) is 13.3 Å². The van der Waals surface area contributed by atoms with Crippen LogP contribution < -0.4 is 10.1 Å². The molecule has 1 fully saturated rings. The van der Waals surface area contributed by atoms with Gasteiger partial charge in [0.05, 0.1) is 12.7 Å². The van der Waals surface area contributed by atoms with Crippen molar-refractivity contribution < 1.29 is 19.1 Å². The number of carbonyl (C=O) groups excluding carboxylic acids is 2. The summed E-state index contributed by atoms with van der Waals surface area (Å²) in [5, 5.41) is 3.66. The standard InChI is InChI=1S/C21H28N2O4/c1-5-6-13(2)22-19(24)12-27-21(25)20-14(3)23(15-7-8-15)18-10-9-16(26-4)11-17(18)20/h9-11,13,15H,5-8,12H2,1-4H3,(H,22,24)/t13-/m0/s1. The third kappa shape index (κ3) is 4.10. The number of carbonyl (C=O) groups is 2. The van der Waals surface area contributed by atoms with E-state index in [1.807, 2.05) is 32.0 Å². The van der Waals surface area contributed by atoms with Crippen LogP contribution in [0.5, 0.6) is 5.75 Å². The molecule has 1 N–H and O–H groups in total. The predicted molar refractivity (Wildman–Crippen MR) is 104 cm³/mol. The van der Waals surface area contributed by atoms with E-state index in [1.165, 1.54) is 0 Å². The Balaban J connectivity index is 1.81. The molecule has 146 valence electrons. The molecule has 6 nitrogen and oxygen atoms in total. The number of nitrogens with zero attached hydrogens (tertiary/aromatic N) is 1. The highest BCUT2D eigenvalue weighted by Crippen LogP contribution is 2.42. The van der Waals surface area contributed by atoms with Crippen LogP contribution in [0, 0.1) is 6.92 Å². The van der Waals surface area contributed by atoms with Gasteiger partial charge in [-0.15, -0.1) is 0 Å². The molecule has 1 aromatic carbocycles. The molecule has 0 unspecified atom stereocenters. The van der Waals surface area contributed by atoms with Gasteiger partial charge in [-0.3, -0.25) is 4.79 Å². The first-order valence-corrected chi connectivity index (χ1v) is 9.61. The van der Waals surface area contributed by atoms with Crippen molar-refractivity contribution in [3.05, 3.63) is 29.5 Å². The van der Waals surface area contributed by atoms with Crippen molar-refractivity contribution in [2.24, 2.45) is 0 Å². The van der Waals surface area contributed by atoms with Gasteiger partial charge in [-0.2, -0.15) is 0 Å². The molecule has 27 heavy (non-hydrogen) atoms. The highest BCUT2D eigenvalue weighted by molar-refractivity contribution is 6.06. The Morgan fingerprint density at radius 1 is 1.33 bits per heavy atom. The van der Waals surface area contributed by atoms with Crippen LogP contribution in [0.25, 0.3) is 10.9 Å². The predicted octanol–water partition coefficient (Wildman–Crippen LogP) is 3.75. The topological polar surface area (TPSA) is 69.6 Å². The quantitative estimate of drug-likeness (QED) is 0.717. The van der Waals surface area contributed by atoms with Crippen LogP contribution >= 0.6 is 0 Å². The summed E-state index contributed by atoms with van der Waals surface area (Å²) in [6.07, 6.45) is 4.11. The number of hydrogen-bond acceptors (Lipinski definition) is 4. The van der Waals surface area contributed by atoms with Crippen LogP contribution in [0.1, 0.15) is 61.6 Å². The fraction of sp³-hybridized carbons (Fsp3) is 0.524. The maximum Gasteiger partial charge on any atom is 0.341 e. The lowest BCUT2D eigenvalue weighted by Crippen LogP contribution is -2.35. The van der Waals surface area contributed by atoms with Gasteiger partial charge in [-0.25, -0.2) is 4.79 Å². The Hall–Kier alpha value is -2.50. The SMILES string of the molecule is CCC[C@H](C)NC(=O)COC(=O)c1c(C)n(C2CC2)c2ccc(OC)cc12. The van der Waals surface area contributed by atoms with Gasteiger partial charge >= 0.3 is 5.97 Å². The van der Waals surface area contributed by atoms with Crippen molar-refractivity contribution in [2.75, 3.05) is 13.7 Å². The smallest absolute Gasteiger partial charge is 0.341 e. The van der Waals surface area contributed by atoms with E-state index in [1.54, 1.807) is 7.11 Å². The van der Waals surface area contributed by atoms with E-state index in [4.69, 9.17) is 9.47 Å². The fourth-order valence-corrected chi connectivity index (χ4v) is 3.63. The van der Waals surface area contributed by atoms with Crippen LogP contribution in [0.15, 0.2) is 18.2 Å². The molecule has 1 aromatic heterocycles. The summed E-state index contributed by atoms with van der Waals surface area (Å²) in [6, 6.07) is 6.25. The minimum atomic E-state index is -0.469. The first-order valence-electron chi connectivity index (χ1n) is 9.61. The van der Waals surface area contributed by atoms with E-state index in [0.29, 0.717) is 17.4 Å². The number of esters is 1. The molecule has 1 atom stereocenters. The van der Waals surface area contributed by atoms with Crippen molar-refractivity contribution in [3.63, 3.8) is 0 Å². The molecular weight excluding hydrogens is 344 g/mol. The number of hydrogen-bond donors (Lipinski definition) is 1. The average molecular weight is 372 g/mol. The number of methoxy groups -OCH3 is 1. The van der Waals surface area contributed by atoms with E-state index >= 15 is 0 Å². The number of amides is 1. The van der Waals surface area contributed by atoms with Crippen molar-refractivity contribution in [1.82, 2.24) is 9.88 Å². The largest absolute Gasteiger partial charge is 0.497 e. The molecule has 0 spiro atoms. The van der Waals surface area contributed by atoms with Gasteiger partial charge in [0.1, 0.15) is 5.75 Å². The highest BCUT2D eigenvalue weighted by atomic mass is 16.5. The monoisotopic (exact) mass is 372 g/mol. The Morgan fingerprint density at radius 2 is 2.07 bits per heavy atom. The zero-order valence-electron chi connectivity index (χ0n) is 16.5. The van der Waals surface area contributed by atoms with Crippen LogP contribution in [-0.2, 0) is 9.53 Å². The van der Waals surface area contributed by atoms with Crippen molar-refractivity contribution in [3.8, 4) is 5.75 Å². The van der Waals surface area contributed by atoms with Gasteiger partial charge in [0.15, 0.2) is 6.61 Å². The van der Waals surface area contributed by atoms with Gasteiger partial charge in [0, 0.05) is 28.7 Å². The first-order chi connectivity index (χ1) is 13.0. The fourth-order valence-electron chi connectivity index (χ4n) is 3.63. The lowest BCUT2D eigenvalue weighted by atomic mass is 10.1. The normalized spacial score (nSPS) is 14.8. The Morgan fingerprint density at radius 3 is 2.70 bits per heavy atom. The minimum Gasteiger partial charge on any atom is -0.497 e. The molecule has 0 aliphatic heterocycles. The van der Waals surface area contributed by atoms with Gasteiger partial charge in [0.2, 0.25) is 0 Å². The Kier molecular flexibility index (Phi) is 5.73. The maximum atomic E-state index is 12.8.